The molecule has 3 aromatic heterocycles. The van der Waals surface area contributed by atoms with E-state index in [1.165, 1.54) is 29.7 Å². The highest BCUT2D eigenvalue weighted by atomic mass is 19.1. The lowest BCUT2D eigenvalue weighted by Crippen LogP contribution is -2.53. The molecule has 4 N–H and O–H groups in total. The Morgan fingerprint density at radius 2 is 1.67 bits per heavy atom. The number of rotatable bonds is 16. The van der Waals surface area contributed by atoms with Crippen molar-refractivity contribution < 1.29 is 43.0 Å². The van der Waals surface area contributed by atoms with E-state index in [0.717, 1.165) is 10.5 Å². The fraction of sp³-hybridized carbons (Fsp3) is 0.375. The second-order valence-corrected chi connectivity index (χ2v) is 17.5. The van der Waals surface area contributed by atoms with Crippen LogP contribution >= 0.6 is 0 Å². The van der Waals surface area contributed by atoms with E-state index in [0.29, 0.717) is 69.6 Å². The Labute approximate surface area is 383 Å². The van der Waals surface area contributed by atoms with Gasteiger partial charge in [-0.05, 0) is 74.4 Å². The SMILES string of the molecule is CC[C@@]1(O)C(=O)OCc2c1cc1n(c2=O)Cc2c-1nc1cc(F)c(C)cc1c2Cn1cc(-c2ccc(NC(=O)[C@H](C)NC(=O)[C@@H](NC(=O)CCCCCN3C(=O)C=CC3=O)C(C)C)cc2)nn1. The fourth-order valence-corrected chi connectivity index (χ4v) is 8.65. The molecule has 5 aromatic rings. The number of nitrogens with one attached hydrogen (secondary N) is 3. The van der Waals surface area contributed by atoms with Crippen LogP contribution in [-0.4, -0.2) is 88.7 Å². The number of amides is 5. The normalized spacial score (nSPS) is 17.0. The summed E-state index contributed by atoms with van der Waals surface area (Å²) < 4.78 is 23.4. The van der Waals surface area contributed by atoms with Crippen LogP contribution < -0.4 is 21.5 Å². The summed E-state index contributed by atoms with van der Waals surface area (Å²) in [6.45, 7) is 8.70. The van der Waals surface area contributed by atoms with E-state index < -0.39 is 46.8 Å². The zero-order valence-corrected chi connectivity index (χ0v) is 37.6. The number of anilines is 1. The van der Waals surface area contributed by atoms with Crippen molar-refractivity contribution in [1.82, 2.24) is 40.1 Å². The minimum atomic E-state index is -2.00. The molecular formula is C48H50FN9O9. The average molecular weight is 916 g/mol. The van der Waals surface area contributed by atoms with Crippen molar-refractivity contribution in [3.8, 4) is 22.6 Å². The molecule has 348 valence electrons. The molecule has 0 fully saturated rings. The summed E-state index contributed by atoms with van der Waals surface area (Å²) in [4.78, 5) is 95.2. The second kappa shape index (κ2) is 18.5. The highest BCUT2D eigenvalue weighted by Crippen LogP contribution is 2.41. The summed E-state index contributed by atoms with van der Waals surface area (Å²) in [5, 5.41) is 29.0. The average Bonchev–Trinajstić information content (AvgIpc) is 4.01. The van der Waals surface area contributed by atoms with Gasteiger partial charge in [0.2, 0.25) is 17.7 Å². The number of nitrogens with zero attached hydrogens (tertiary/aromatic N) is 6. The third-order valence-corrected chi connectivity index (χ3v) is 12.6. The lowest BCUT2D eigenvalue weighted by atomic mass is 9.86. The zero-order chi connectivity index (χ0) is 47.9. The molecule has 5 amide bonds. The highest BCUT2D eigenvalue weighted by molar-refractivity contribution is 6.12. The number of cyclic esters (lactones) is 1. The van der Waals surface area contributed by atoms with Crippen LogP contribution in [0.5, 0.6) is 0 Å². The Morgan fingerprint density at radius 3 is 2.37 bits per heavy atom. The van der Waals surface area contributed by atoms with E-state index in [2.05, 4.69) is 26.3 Å². The Kier molecular flexibility index (Phi) is 12.7. The molecule has 0 bridgehead atoms. The number of carbonyl (C=O) groups excluding carboxylic acids is 6. The Balaban J connectivity index is 0.911. The first-order valence-electron chi connectivity index (χ1n) is 22.2. The van der Waals surface area contributed by atoms with E-state index in [9.17, 15) is 38.7 Å². The topological polar surface area (TPSA) is 237 Å². The van der Waals surface area contributed by atoms with Gasteiger partial charge in [0.25, 0.3) is 17.4 Å². The highest BCUT2D eigenvalue weighted by Gasteiger charge is 2.45. The summed E-state index contributed by atoms with van der Waals surface area (Å²) >= 11 is 0. The first-order chi connectivity index (χ1) is 32.0. The molecule has 67 heavy (non-hydrogen) atoms. The van der Waals surface area contributed by atoms with Gasteiger partial charge in [-0.3, -0.25) is 33.7 Å². The van der Waals surface area contributed by atoms with Crippen LogP contribution in [0.2, 0.25) is 0 Å². The number of aromatic nitrogens is 5. The molecule has 0 unspecified atom stereocenters. The zero-order valence-electron chi connectivity index (χ0n) is 37.6. The molecule has 0 saturated carbocycles. The smallest absolute Gasteiger partial charge is 0.343 e. The summed E-state index contributed by atoms with van der Waals surface area (Å²) in [7, 11) is 0. The molecule has 3 atom stereocenters. The molecule has 6 heterocycles. The number of aryl methyl sites for hydroxylation is 1. The van der Waals surface area contributed by atoms with Gasteiger partial charge in [0, 0.05) is 58.9 Å². The van der Waals surface area contributed by atoms with E-state index >= 15 is 4.39 Å². The summed E-state index contributed by atoms with van der Waals surface area (Å²) in [5.74, 6) is -3.56. The number of ether oxygens (including phenoxy) is 1. The molecule has 18 nitrogen and oxygen atoms in total. The number of fused-ring (bicyclic) bond motifs is 5. The monoisotopic (exact) mass is 915 g/mol. The molecule has 0 spiro atoms. The van der Waals surface area contributed by atoms with Crippen molar-refractivity contribution in [3.05, 3.63) is 105 Å². The lowest BCUT2D eigenvalue weighted by Gasteiger charge is -2.31. The van der Waals surface area contributed by atoms with Crippen molar-refractivity contribution in [2.24, 2.45) is 5.92 Å². The predicted octanol–water partition coefficient (Wildman–Crippen LogP) is 3.90. The maximum Gasteiger partial charge on any atom is 0.343 e. The predicted molar refractivity (Wildman–Crippen MR) is 241 cm³/mol. The number of esters is 1. The number of hydrogen-bond donors (Lipinski definition) is 4. The van der Waals surface area contributed by atoms with E-state index in [1.54, 1.807) is 75.0 Å². The van der Waals surface area contributed by atoms with Crippen LogP contribution in [0.15, 0.2) is 65.6 Å². The molecule has 3 aliphatic rings. The van der Waals surface area contributed by atoms with Gasteiger partial charge in [-0.25, -0.2) is 18.9 Å². The standard InChI is InChI=1S/C48H50FN9O9/c1-6-48(66)34-19-38-43-32(22-58(38)46(64)33(34)24-67-47(48)65)31(30-18-26(4)35(49)20-36(30)52-43)21-56-23-37(54-55-56)28-11-13-29(14-12-28)51-44(62)27(5)50-45(63)42(25(2)3)53-39(59)10-8-7-9-17-57-40(60)15-16-41(57)61/h11-16,18-20,23,25,27,42,66H,6-10,17,21-22,24H2,1-5H3,(H,50,63)(H,51,62)(H,53,59)/t27-,42-,48-/m0/s1. The van der Waals surface area contributed by atoms with Crippen LogP contribution in [0, 0.1) is 18.7 Å². The summed E-state index contributed by atoms with van der Waals surface area (Å²) in [5.41, 5.74) is 2.60. The van der Waals surface area contributed by atoms with Crippen molar-refractivity contribution >= 4 is 52.1 Å². The van der Waals surface area contributed by atoms with Gasteiger partial charge in [-0.1, -0.05) is 44.5 Å². The molecule has 2 aromatic carbocycles. The maximum absolute atomic E-state index is 15.0. The third-order valence-electron chi connectivity index (χ3n) is 12.6. The first-order valence-corrected chi connectivity index (χ1v) is 22.2. The number of carbonyl (C=O) groups is 6. The summed E-state index contributed by atoms with van der Waals surface area (Å²) in [6, 6.07) is 9.70. The van der Waals surface area contributed by atoms with Crippen molar-refractivity contribution in [2.45, 2.75) is 104 Å². The molecule has 19 heteroatoms. The Morgan fingerprint density at radius 1 is 0.940 bits per heavy atom. The van der Waals surface area contributed by atoms with Crippen LogP contribution in [-0.2, 0) is 58.8 Å². The van der Waals surface area contributed by atoms with Crippen molar-refractivity contribution in [2.75, 3.05) is 11.9 Å². The molecule has 0 aliphatic carbocycles. The van der Waals surface area contributed by atoms with Crippen LogP contribution in [0.4, 0.5) is 10.1 Å². The Hall–Kier alpha value is -7.41. The quantitative estimate of drug-likeness (QED) is 0.0615. The van der Waals surface area contributed by atoms with Gasteiger partial charge in [-0.2, -0.15) is 0 Å². The van der Waals surface area contributed by atoms with E-state index in [-0.39, 0.29) is 73.8 Å². The van der Waals surface area contributed by atoms with Crippen molar-refractivity contribution in [3.63, 3.8) is 0 Å². The molecular weight excluding hydrogens is 866 g/mol. The first kappa shape index (κ1) is 46.1. The summed E-state index contributed by atoms with van der Waals surface area (Å²) in [6.07, 6.45) is 6.00. The third kappa shape index (κ3) is 8.97. The number of hydrogen-bond acceptors (Lipinski definition) is 12. The van der Waals surface area contributed by atoms with Gasteiger partial charge in [-0.15, -0.1) is 5.10 Å². The van der Waals surface area contributed by atoms with Gasteiger partial charge >= 0.3 is 5.97 Å². The van der Waals surface area contributed by atoms with Gasteiger partial charge in [0.1, 0.15) is 30.2 Å². The molecule has 3 aliphatic heterocycles. The number of benzene rings is 2. The van der Waals surface area contributed by atoms with E-state index in [4.69, 9.17) is 9.72 Å². The maximum atomic E-state index is 15.0. The van der Waals surface area contributed by atoms with Gasteiger partial charge in [0.15, 0.2) is 5.60 Å². The van der Waals surface area contributed by atoms with Crippen LogP contribution in [0.3, 0.4) is 0 Å². The minimum absolute atomic E-state index is 0.0105. The van der Waals surface area contributed by atoms with Gasteiger partial charge < -0.3 is 30.4 Å². The number of aliphatic hydroxyl groups is 1. The second-order valence-electron chi connectivity index (χ2n) is 17.5. The van der Waals surface area contributed by atoms with Crippen LogP contribution in [0.25, 0.3) is 33.5 Å². The Bertz CT molecular complexity index is 2940. The fourth-order valence-electron chi connectivity index (χ4n) is 8.65. The number of halogens is 1. The molecule has 0 saturated heterocycles. The largest absolute Gasteiger partial charge is 0.458 e. The van der Waals surface area contributed by atoms with Crippen LogP contribution in [0.1, 0.15) is 87.6 Å². The molecule has 8 rings (SSSR count). The number of unbranched alkanes of at least 4 members (excludes halogenated alkanes) is 2. The van der Waals surface area contributed by atoms with E-state index in [1.807, 2.05) is 0 Å². The molecule has 0 radical (unpaired) electrons. The minimum Gasteiger partial charge on any atom is -0.458 e. The van der Waals surface area contributed by atoms with Crippen molar-refractivity contribution in [1.29, 1.82) is 0 Å². The number of imide groups is 1. The van der Waals surface area contributed by atoms with Gasteiger partial charge in [0.05, 0.1) is 41.8 Å². The lowest BCUT2D eigenvalue weighted by molar-refractivity contribution is -0.172. The number of pyridine rings is 2.